The summed E-state index contributed by atoms with van der Waals surface area (Å²) in [7, 11) is -2.95. The summed E-state index contributed by atoms with van der Waals surface area (Å²) in [6.07, 6.45) is 5.64. The number of aliphatic imine (C=N–C) groups is 1. The number of hydrogen-bond acceptors (Lipinski definition) is 9. The number of H-pyrrole nitrogens is 1. The van der Waals surface area contributed by atoms with E-state index in [1.165, 1.54) is 25.0 Å². The van der Waals surface area contributed by atoms with Crippen LogP contribution in [-0.2, 0) is 10.7 Å². The molecule has 0 aliphatic carbocycles. The molecule has 3 aromatic heterocycles. The van der Waals surface area contributed by atoms with Crippen LogP contribution in [0, 0.1) is 0 Å². The third-order valence-electron chi connectivity index (χ3n) is 4.09. The topological polar surface area (TPSA) is 151 Å². The van der Waals surface area contributed by atoms with Crippen LogP contribution in [0.15, 0.2) is 65.4 Å². The first kappa shape index (κ1) is 19.4. The molecule has 152 valence electrons. The molecule has 3 heterocycles. The van der Waals surface area contributed by atoms with Gasteiger partial charge in [0.2, 0.25) is 0 Å². The summed E-state index contributed by atoms with van der Waals surface area (Å²) < 4.78 is 23.1. The Labute approximate surface area is 172 Å². The van der Waals surface area contributed by atoms with E-state index in [1.807, 2.05) is 37.3 Å². The van der Waals surface area contributed by atoms with Crippen molar-refractivity contribution in [2.45, 2.75) is 18.0 Å². The van der Waals surface area contributed by atoms with E-state index in [9.17, 15) is 8.42 Å². The molecule has 0 amide bonds. The molecule has 11 nitrogen and oxygen atoms in total. The molecule has 0 aliphatic rings. The molecule has 12 heteroatoms. The second-order valence-corrected chi connectivity index (χ2v) is 7.07. The van der Waals surface area contributed by atoms with E-state index in [-0.39, 0.29) is 10.8 Å². The average Bonchev–Trinajstić information content (AvgIpc) is 3.24. The van der Waals surface area contributed by atoms with Gasteiger partial charge < -0.3 is 15.6 Å². The van der Waals surface area contributed by atoms with Crippen molar-refractivity contribution in [2.24, 2.45) is 4.99 Å². The highest BCUT2D eigenvalue weighted by molar-refractivity contribution is 7.72. The van der Waals surface area contributed by atoms with Gasteiger partial charge in [-0.1, -0.05) is 18.2 Å². The lowest BCUT2D eigenvalue weighted by molar-refractivity contribution is 0.611. The SMILES string of the molecule is CC(Nc1ncnc2[nH]cnc12)/C(=N/c1nccnc1[SH](=O)=O)Nc1ccccc1. The summed E-state index contributed by atoms with van der Waals surface area (Å²) >= 11 is 0. The van der Waals surface area contributed by atoms with Crippen molar-refractivity contribution in [1.82, 2.24) is 29.9 Å². The number of benzene rings is 1. The van der Waals surface area contributed by atoms with Crippen LogP contribution in [0.2, 0.25) is 0 Å². The first-order valence-electron chi connectivity index (χ1n) is 8.88. The van der Waals surface area contributed by atoms with E-state index in [0.717, 1.165) is 5.69 Å². The average molecular weight is 423 g/mol. The minimum atomic E-state index is -2.95. The second-order valence-electron chi connectivity index (χ2n) is 6.14. The minimum absolute atomic E-state index is 0.00621. The Hall–Kier alpha value is -3.93. The molecule has 1 aromatic carbocycles. The van der Waals surface area contributed by atoms with Crippen molar-refractivity contribution in [3.05, 3.63) is 55.4 Å². The summed E-state index contributed by atoms with van der Waals surface area (Å²) in [6.45, 7) is 1.85. The number of rotatable bonds is 6. The lowest BCUT2D eigenvalue weighted by Gasteiger charge is -2.19. The number of fused-ring (bicyclic) bond motifs is 1. The molecule has 0 spiro atoms. The largest absolute Gasteiger partial charge is 0.358 e. The fourth-order valence-electron chi connectivity index (χ4n) is 2.69. The van der Waals surface area contributed by atoms with Gasteiger partial charge in [-0.3, -0.25) is 0 Å². The first-order valence-corrected chi connectivity index (χ1v) is 10.1. The number of nitrogens with one attached hydrogen (secondary N) is 3. The third kappa shape index (κ3) is 4.22. The molecular weight excluding hydrogens is 406 g/mol. The van der Waals surface area contributed by atoms with Crippen LogP contribution in [0.1, 0.15) is 6.92 Å². The van der Waals surface area contributed by atoms with Crippen molar-refractivity contribution in [3.8, 4) is 0 Å². The van der Waals surface area contributed by atoms with Crippen molar-refractivity contribution in [1.29, 1.82) is 0 Å². The van der Waals surface area contributed by atoms with Crippen LogP contribution in [0.5, 0.6) is 0 Å². The maximum Gasteiger partial charge on any atom is 0.197 e. The predicted octanol–water partition coefficient (Wildman–Crippen LogP) is 1.76. The molecule has 0 fully saturated rings. The molecule has 3 N–H and O–H groups in total. The van der Waals surface area contributed by atoms with E-state index in [2.05, 4.69) is 45.5 Å². The number of anilines is 2. The number of imidazole rings is 1. The quantitative estimate of drug-likeness (QED) is 0.206. The fourth-order valence-corrected chi connectivity index (χ4v) is 3.12. The number of aromatic nitrogens is 6. The Balaban J connectivity index is 1.72. The molecular formula is C18H17N9O2S. The molecule has 4 rings (SSSR count). The highest BCUT2D eigenvalue weighted by Crippen LogP contribution is 2.19. The van der Waals surface area contributed by atoms with Gasteiger partial charge in [-0.25, -0.2) is 38.3 Å². The van der Waals surface area contributed by atoms with Crippen LogP contribution in [0.25, 0.3) is 11.2 Å². The molecule has 4 aromatic rings. The zero-order valence-corrected chi connectivity index (χ0v) is 16.6. The summed E-state index contributed by atoms with van der Waals surface area (Å²) in [5, 5.41) is 6.24. The Morgan fingerprint density at radius 2 is 1.87 bits per heavy atom. The van der Waals surface area contributed by atoms with Crippen LogP contribution >= 0.6 is 0 Å². The van der Waals surface area contributed by atoms with E-state index in [4.69, 9.17) is 0 Å². The Morgan fingerprint density at radius 1 is 1.07 bits per heavy atom. The molecule has 0 bridgehead atoms. The molecule has 1 unspecified atom stereocenters. The van der Waals surface area contributed by atoms with Crippen LogP contribution in [0.4, 0.5) is 17.3 Å². The Morgan fingerprint density at radius 3 is 2.67 bits per heavy atom. The van der Waals surface area contributed by atoms with Gasteiger partial charge in [-0.15, -0.1) is 0 Å². The number of nitrogens with zero attached hydrogens (tertiary/aromatic N) is 6. The number of para-hydroxylation sites is 1. The zero-order valence-electron chi connectivity index (χ0n) is 15.7. The van der Waals surface area contributed by atoms with Crippen molar-refractivity contribution < 1.29 is 8.42 Å². The zero-order chi connectivity index (χ0) is 20.9. The van der Waals surface area contributed by atoms with Gasteiger partial charge in [0.25, 0.3) is 0 Å². The van der Waals surface area contributed by atoms with Crippen LogP contribution in [-0.4, -0.2) is 50.2 Å². The van der Waals surface area contributed by atoms with Crippen LogP contribution in [0.3, 0.4) is 0 Å². The molecule has 0 saturated heterocycles. The van der Waals surface area contributed by atoms with Gasteiger partial charge in [0.15, 0.2) is 33.0 Å². The molecule has 1 atom stereocenters. The van der Waals surface area contributed by atoms with Gasteiger partial charge in [-0.2, -0.15) is 0 Å². The summed E-state index contributed by atoms with van der Waals surface area (Å²) in [6, 6.07) is 8.95. The normalized spacial score (nSPS) is 12.8. The van der Waals surface area contributed by atoms with E-state index in [1.54, 1.807) is 0 Å². The minimum Gasteiger partial charge on any atom is -0.358 e. The summed E-state index contributed by atoms with van der Waals surface area (Å²) in [5.41, 5.74) is 1.94. The number of thiol groups is 1. The van der Waals surface area contributed by atoms with Crippen molar-refractivity contribution >= 4 is 45.0 Å². The fraction of sp³-hybridized carbons (Fsp3) is 0.111. The van der Waals surface area contributed by atoms with Gasteiger partial charge in [0.05, 0.1) is 12.4 Å². The molecule has 30 heavy (non-hydrogen) atoms. The summed E-state index contributed by atoms with van der Waals surface area (Å²) in [4.78, 5) is 27.9. The van der Waals surface area contributed by atoms with E-state index < -0.39 is 16.7 Å². The van der Waals surface area contributed by atoms with Crippen LogP contribution < -0.4 is 10.6 Å². The molecule has 0 aliphatic heterocycles. The Kier molecular flexibility index (Phi) is 5.57. The van der Waals surface area contributed by atoms with Gasteiger partial charge in [0.1, 0.15) is 17.7 Å². The maximum atomic E-state index is 11.5. The lowest BCUT2D eigenvalue weighted by Crippen LogP contribution is -2.32. The van der Waals surface area contributed by atoms with Crippen molar-refractivity contribution in [2.75, 3.05) is 10.6 Å². The van der Waals surface area contributed by atoms with E-state index in [0.29, 0.717) is 22.8 Å². The monoisotopic (exact) mass is 423 g/mol. The molecule has 0 saturated carbocycles. The smallest absolute Gasteiger partial charge is 0.197 e. The third-order valence-corrected chi connectivity index (χ3v) is 4.75. The molecule has 0 radical (unpaired) electrons. The number of amidine groups is 1. The van der Waals surface area contributed by atoms with E-state index >= 15 is 0 Å². The van der Waals surface area contributed by atoms with Crippen molar-refractivity contribution in [3.63, 3.8) is 0 Å². The predicted molar refractivity (Wildman–Crippen MR) is 113 cm³/mol. The Bertz CT molecular complexity index is 1260. The highest BCUT2D eigenvalue weighted by Gasteiger charge is 2.17. The number of hydrogen-bond donors (Lipinski definition) is 4. The summed E-state index contributed by atoms with van der Waals surface area (Å²) in [5.74, 6) is 0.918. The van der Waals surface area contributed by atoms with Gasteiger partial charge >= 0.3 is 0 Å². The maximum absolute atomic E-state index is 11.5. The lowest BCUT2D eigenvalue weighted by atomic mass is 10.2. The standard InChI is InChI=1S/C18H17N9O2S/c1-11(25-16-13-15(22-9-21-13)23-10-24-16)14(26-12-5-3-2-4-6-12)27-17-18(30(28)29)20-8-7-19-17/h2-11,30H,1H3,(H,19,26,27)(H2,21,22,23,24,25). The number of aromatic amines is 1. The first-order chi connectivity index (χ1) is 14.6. The van der Waals surface area contributed by atoms with Gasteiger partial charge in [0, 0.05) is 18.1 Å². The second kappa shape index (κ2) is 8.61. The van der Waals surface area contributed by atoms with Gasteiger partial charge in [-0.05, 0) is 19.1 Å². The highest BCUT2D eigenvalue weighted by atomic mass is 32.2.